The molecule has 0 radical (unpaired) electrons. The number of alkyl halides is 3. The van der Waals surface area contributed by atoms with E-state index in [9.17, 15) is 18.0 Å². The summed E-state index contributed by atoms with van der Waals surface area (Å²) in [5, 5.41) is 7.98. The van der Waals surface area contributed by atoms with Gasteiger partial charge in [0.25, 0.3) is 0 Å². The molecule has 0 fully saturated rings. The molecular formula is C17H10ClF3N4O. The van der Waals surface area contributed by atoms with Crippen LogP contribution in [0.25, 0.3) is 5.69 Å². The summed E-state index contributed by atoms with van der Waals surface area (Å²) in [4.78, 5) is 13.9. The molecule has 0 saturated carbocycles. The maximum atomic E-state index is 13.5. The van der Waals surface area contributed by atoms with Crippen molar-refractivity contribution in [3.05, 3.63) is 65.2 Å². The van der Waals surface area contributed by atoms with Crippen molar-refractivity contribution in [1.82, 2.24) is 14.8 Å². The summed E-state index contributed by atoms with van der Waals surface area (Å²) in [5.74, 6) is -0.220. The molecule has 1 aliphatic rings. The van der Waals surface area contributed by atoms with Gasteiger partial charge in [-0.2, -0.15) is 13.2 Å². The largest absolute Gasteiger partial charge is 0.418 e. The monoisotopic (exact) mass is 378 g/mol. The van der Waals surface area contributed by atoms with Crippen molar-refractivity contribution < 1.29 is 18.0 Å². The number of para-hydroxylation sites is 1. The number of halogens is 4. The molecule has 9 heteroatoms. The second-order valence-corrected chi connectivity index (χ2v) is 6.11. The Kier molecular flexibility index (Phi) is 3.73. The summed E-state index contributed by atoms with van der Waals surface area (Å²) in [6.07, 6.45) is -3.40. The van der Waals surface area contributed by atoms with Crippen molar-refractivity contribution in [1.29, 1.82) is 0 Å². The number of anilines is 2. The Morgan fingerprint density at radius 3 is 2.58 bits per heavy atom. The molecular weight excluding hydrogens is 369 g/mol. The van der Waals surface area contributed by atoms with E-state index in [1.54, 1.807) is 16.7 Å². The molecule has 3 aromatic rings. The van der Waals surface area contributed by atoms with Crippen LogP contribution >= 0.6 is 11.6 Å². The summed E-state index contributed by atoms with van der Waals surface area (Å²) in [6, 6.07) is 9.60. The van der Waals surface area contributed by atoms with Gasteiger partial charge in [-0.05, 0) is 30.3 Å². The lowest BCUT2D eigenvalue weighted by Gasteiger charge is -2.26. The lowest BCUT2D eigenvalue weighted by atomic mass is 10.1. The van der Waals surface area contributed by atoms with E-state index in [2.05, 4.69) is 10.2 Å². The number of carbonyl (C=O) groups excluding carboxylic acids is 1. The first-order valence-electron chi connectivity index (χ1n) is 7.54. The number of benzene rings is 2. The van der Waals surface area contributed by atoms with Crippen molar-refractivity contribution in [3.8, 4) is 5.69 Å². The van der Waals surface area contributed by atoms with Crippen molar-refractivity contribution in [2.45, 2.75) is 12.6 Å². The van der Waals surface area contributed by atoms with Crippen molar-refractivity contribution in [2.24, 2.45) is 0 Å². The molecule has 26 heavy (non-hydrogen) atoms. The fourth-order valence-electron chi connectivity index (χ4n) is 2.98. The Labute approximate surface area is 150 Å². The molecule has 1 aliphatic heterocycles. The van der Waals surface area contributed by atoms with Gasteiger partial charge in [-0.15, -0.1) is 10.2 Å². The van der Waals surface area contributed by atoms with E-state index in [0.717, 1.165) is 11.0 Å². The zero-order valence-corrected chi connectivity index (χ0v) is 13.8. The number of hydrogen-bond acceptors (Lipinski definition) is 3. The summed E-state index contributed by atoms with van der Waals surface area (Å²) in [6.45, 7) is 0. The molecule has 2 heterocycles. The third-order valence-corrected chi connectivity index (χ3v) is 4.30. The van der Waals surface area contributed by atoms with Crippen LogP contribution < -0.4 is 4.90 Å². The van der Waals surface area contributed by atoms with E-state index in [0.29, 0.717) is 16.5 Å². The van der Waals surface area contributed by atoms with E-state index in [1.165, 1.54) is 30.6 Å². The number of rotatable bonds is 1. The molecule has 132 valence electrons. The maximum absolute atomic E-state index is 13.5. The highest BCUT2D eigenvalue weighted by Crippen LogP contribution is 2.42. The third kappa shape index (κ3) is 2.62. The smallest absolute Gasteiger partial charge is 0.283 e. The van der Waals surface area contributed by atoms with Crippen LogP contribution in [0.3, 0.4) is 0 Å². The van der Waals surface area contributed by atoms with Crippen LogP contribution in [0.4, 0.5) is 24.5 Å². The minimum Gasteiger partial charge on any atom is -0.283 e. The molecule has 0 aliphatic carbocycles. The number of nitrogens with zero attached hydrogens (tertiary/aromatic N) is 4. The average molecular weight is 379 g/mol. The van der Waals surface area contributed by atoms with Gasteiger partial charge >= 0.3 is 6.18 Å². The minimum atomic E-state index is -4.61. The molecule has 5 nitrogen and oxygen atoms in total. The van der Waals surface area contributed by atoms with Gasteiger partial charge in [-0.1, -0.05) is 23.7 Å². The molecule has 0 bridgehead atoms. The van der Waals surface area contributed by atoms with Crippen LogP contribution in [0.2, 0.25) is 5.02 Å². The number of carbonyl (C=O) groups is 1. The lowest BCUT2D eigenvalue weighted by Crippen LogP contribution is -2.29. The standard InChI is InChI=1S/C17H10ClF3N4O/c18-10-5-6-13-14(7-10)25(16(26)8-15-23-22-9-24(13)15)12-4-2-1-3-11(12)17(19,20)21/h1-7,9H,8H2. The fourth-order valence-corrected chi connectivity index (χ4v) is 3.15. The summed E-state index contributed by atoms with van der Waals surface area (Å²) >= 11 is 6.06. The first-order chi connectivity index (χ1) is 12.4. The Bertz CT molecular complexity index is 1020. The van der Waals surface area contributed by atoms with Crippen LogP contribution in [0.1, 0.15) is 11.4 Å². The van der Waals surface area contributed by atoms with E-state index in [1.807, 2.05) is 0 Å². The summed E-state index contributed by atoms with van der Waals surface area (Å²) in [7, 11) is 0. The predicted octanol–water partition coefficient (Wildman–Crippen LogP) is 4.16. The Morgan fingerprint density at radius 1 is 1.04 bits per heavy atom. The van der Waals surface area contributed by atoms with Gasteiger partial charge in [0.15, 0.2) is 0 Å². The van der Waals surface area contributed by atoms with Gasteiger partial charge in [0.2, 0.25) is 5.91 Å². The number of fused-ring (bicyclic) bond motifs is 3. The van der Waals surface area contributed by atoms with Gasteiger partial charge in [0.1, 0.15) is 12.2 Å². The van der Waals surface area contributed by atoms with Gasteiger partial charge in [0.05, 0.1) is 29.0 Å². The Balaban J connectivity index is 2.01. The fraction of sp³-hybridized carbons (Fsp3) is 0.118. The molecule has 0 spiro atoms. The molecule has 0 saturated heterocycles. The van der Waals surface area contributed by atoms with Gasteiger partial charge in [0, 0.05) is 5.02 Å². The number of amides is 1. The summed E-state index contributed by atoms with van der Waals surface area (Å²) in [5.41, 5.74) is -0.459. The maximum Gasteiger partial charge on any atom is 0.418 e. The zero-order valence-electron chi connectivity index (χ0n) is 13.0. The molecule has 1 amide bonds. The minimum absolute atomic E-state index is 0.196. The molecule has 0 N–H and O–H groups in total. The first kappa shape index (κ1) is 16.6. The SMILES string of the molecule is O=C1Cc2nncn2-c2ccc(Cl)cc2N1c1ccccc1C(F)(F)F. The van der Waals surface area contributed by atoms with Crippen molar-refractivity contribution >= 4 is 28.9 Å². The Morgan fingerprint density at radius 2 is 1.81 bits per heavy atom. The molecule has 2 aromatic carbocycles. The molecule has 0 atom stereocenters. The second kappa shape index (κ2) is 5.84. The van der Waals surface area contributed by atoms with Crippen molar-refractivity contribution in [2.75, 3.05) is 4.90 Å². The molecule has 0 unspecified atom stereocenters. The quantitative estimate of drug-likeness (QED) is 0.639. The number of hydrogen-bond donors (Lipinski definition) is 0. The van der Waals surface area contributed by atoms with Gasteiger partial charge in [-0.3, -0.25) is 14.3 Å². The molecule has 4 rings (SSSR count). The van der Waals surface area contributed by atoms with Crippen LogP contribution in [-0.2, 0) is 17.4 Å². The van der Waals surface area contributed by atoms with Crippen LogP contribution in [0.5, 0.6) is 0 Å². The highest BCUT2D eigenvalue weighted by molar-refractivity contribution is 6.31. The van der Waals surface area contributed by atoms with Crippen LogP contribution in [0.15, 0.2) is 48.8 Å². The van der Waals surface area contributed by atoms with E-state index >= 15 is 0 Å². The highest BCUT2D eigenvalue weighted by Gasteiger charge is 2.38. The normalized spacial score (nSPS) is 14.0. The lowest BCUT2D eigenvalue weighted by molar-refractivity contribution is -0.137. The summed E-state index contributed by atoms with van der Waals surface area (Å²) < 4.78 is 42.1. The van der Waals surface area contributed by atoms with Gasteiger partial charge in [-0.25, -0.2) is 0 Å². The zero-order chi connectivity index (χ0) is 18.5. The van der Waals surface area contributed by atoms with Crippen LogP contribution in [0, 0.1) is 0 Å². The average Bonchev–Trinajstić information content (AvgIpc) is 2.98. The van der Waals surface area contributed by atoms with Gasteiger partial charge < -0.3 is 0 Å². The third-order valence-electron chi connectivity index (χ3n) is 4.07. The van der Waals surface area contributed by atoms with E-state index in [-0.39, 0.29) is 17.8 Å². The number of aromatic nitrogens is 3. The highest BCUT2D eigenvalue weighted by atomic mass is 35.5. The Hall–Kier alpha value is -2.87. The van der Waals surface area contributed by atoms with Crippen LogP contribution in [-0.4, -0.2) is 20.7 Å². The van der Waals surface area contributed by atoms with E-state index in [4.69, 9.17) is 11.6 Å². The second-order valence-electron chi connectivity index (χ2n) is 5.67. The molecule has 1 aromatic heterocycles. The van der Waals surface area contributed by atoms with E-state index < -0.39 is 17.6 Å². The predicted molar refractivity (Wildman–Crippen MR) is 88.7 cm³/mol. The topological polar surface area (TPSA) is 51.0 Å². The first-order valence-corrected chi connectivity index (χ1v) is 7.92. The van der Waals surface area contributed by atoms with Crippen molar-refractivity contribution in [3.63, 3.8) is 0 Å².